The number of anilines is 1. The Balaban J connectivity index is 1.49. The summed E-state index contributed by atoms with van der Waals surface area (Å²) in [6.07, 6.45) is 0.310. The molecule has 0 aliphatic carbocycles. The van der Waals surface area contributed by atoms with E-state index in [0.717, 1.165) is 38.4 Å². The molecule has 0 radical (unpaired) electrons. The molecule has 6 heteroatoms. The molecule has 1 fully saturated rings. The van der Waals surface area contributed by atoms with Crippen LogP contribution in [0.2, 0.25) is 5.02 Å². The monoisotopic (exact) mass is 399 g/mol. The molecular formula is C22H26ClN3O2. The number of benzene rings is 2. The lowest BCUT2D eigenvalue weighted by molar-refractivity contribution is -0.132. The van der Waals surface area contributed by atoms with Crippen LogP contribution < -0.4 is 4.90 Å². The Morgan fingerprint density at radius 2 is 1.71 bits per heavy atom. The molecule has 0 atom stereocenters. The Morgan fingerprint density at radius 3 is 2.36 bits per heavy atom. The summed E-state index contributed by atoms with van der Waals surface area (Å²) in [6.45, 7) is 5.96. The van der Waals surface area contributed by atoms with Crippen molar-refractivity contribution in [2.45, 2.75) is 19.9 Å². The molecule has 28 heavy (non-hydrogen) atoms. The van der Waals surface area contributed by atoms with Crippen molar-refractivity contribution in [3.05, 3.63) is 65.2 Å². The number of rotatable bonds is 6. The molecule has 0 saturated carbocycles. The SMILES string of the molecule is CC(=O)N(CCC(=O)N1CCN(Cc2ccccc2)CC1)c1cccc(Cl)c1. The van der Waals surface area contributed by atoms with E-state index in [2.05, 4.69) is 29.2 Å². The molecule has 1 heterocycles. The Labute approximate surface area is 171 Å². The smallest absolute Gasteiger partial charge is 0.224 e. The standard InChI is InChI=1S/C22H26ClN3O2/c1-18(27)26(21-9-5-8-20(23)16-21)11-10-22(28)25-14-12-24(13-15-25)17-19-6-3-2-4-7-19/h2-9,16H,10-15,17H2,1H3. The zero-order valence-electron chi connectivity index (χ0n) is 16.2. The number of nitrogens with zero attached hydrogens (tertiary/aromatic N) is 3. The van der Waals surface area contributed by atoms with Crippen molar-refractivity contribution in [3.8, 4) is 0 Å². The lowest BCUT2D eigenvalue weighted by atomic mass is 10.2. The van der Waals surface area contributed by atoms with E-state index in [-0.39, 0.29) is 11.8 Å². The Bertz CT molecular complexity index is 804. The highest BCUT2D eigenvalue weighted by molar-refractivity contribution is 6.30. The average molecular weight is 400 g/mol. The zero-order valence-corrected chi connectivity index (χ0v) is 16.9. The summed E-state index contributed by atoms with van der Waals surface area (Å²) in [4.78, 5) is 30.5. The fraction of sp³-hybridized carbons (Fsp3) is 0.364. The predicted octanol–water partition coefficient (Wildman–Crippen LogP) is 3.43. The molecule has 1 aliphatic heterocycles. The fourth-order valence-electron chi connectivity index (χ4n) is 3.47. The molecule has 0 unspecified atom stereocenters. The van der Waals surface area contributed by atoms with Crippen LogP contribution in [0.15, 0.2) is 54.6 Å². The summed E-state index contributed by atoms with van der Waals surface area (Å²) in [5.41, 5.74) is 2.02. The number of carbonyl (C=O) groups is 2. The Hall–Kier alpha value is -2.37. The topological polar surface area (TPSA) is 43.9 Å². The molecule has 5 nitrogen and oxygen atoms in total. The molecule has 1 saturated heterocycles. The minimum atomic E-state index is -0.0947. The third-order valence-corrected chi connectivity index (χ3v) is 5.26. The van der Waals surface area contributed by atoms with E-state index >= 15 is 0 Å². The predicted molar refractivity (Wildman–Crippen MR) is 112 cm³/mol. The van der Waals surface area contributed by atoms with Gasteiger partial charge in [-0.05, 0) is 23.8 Å². The average Bonchev–Trinajstić information content (AvgIpc) is 2.69. The minimum absolute atomic E-state index is 0.0904. The lowest BCUT2D eigenvalue weighted by Gasteiger charge is -2.35. The number of hydrogen-bond acceptors (Lipinski definition) is 3. The molecule has 148 valence electrons. The second kappa shape index (κ2) is 9.71. The van der Waals surface area contributed by atoms with Crippen LogP contribution in [-0.4, -0.2) is 54.3 Å². The van der Waals surface area contributed by atoms with E-state index < -0.39 is 0 Å². The summed E-state index contributed by atoms with van der Waals surface area (Å²) in [7, 11) is 0. The maximum Gasteiger partial charge on any atom is 0.224 e. The van der Waals surface area contributed by atoms with Crippen LogP contribution in [0.1, 0.15) is 18.9 Å². The number of hydrogen-bond donors (Lipinski definition) is 0. The van der Waals surface area contributed by atoms with Crippen molar-refractivity contribution in [1.82, 2.24) is 9.80 Å². The molecule has 1 aliphatic rings. The van der Waals surface area contributed by atoms with Crippen LogP contribution in [0, 0.1) is 0 Å². The molecule has 0 bridgehead atoms. The van der Waals surface area contributed by atoms with Gasteiger partial charge in [0.1, 0.15) is 0 Å². The van der Waals surface area contributed by atoms with Gasteiger partial charge in [-0.3, -0.25) is 14.5 Å². The molecule has 2 aromatic rings. The van der Waals surface area contributed by atoms with E-state index in [1.807, 2.05) is 17.0 Å². The van der Waals surface area contributed by atoms with Crippen LogP contribution in [0.3, 0.4) is 0 Å². The van der Waals surface area contributed by atoms with Gasteiger partial charge in [-0.15, -0.1) is 0 Å². The van der Waals surface area contributed by atoms with Crippen molar-refractivity contribution >= 4 is 29.1 Å². The molecule has 2 aromatic carbocycles. The molecule has 2 amide bonds. The summed E-state index contributed by atoms with van der Waals surface area (Å²) >= 11 is 6.03. The first-order chi connectivity index (χ1) is 13.5. The van der Waals surface area contributed by atoms with E-state index in [0.29, 0.717) is 18.0 Å². The van der Waals surface area contributed by atoms with Crippen LogP contribution in [-0.2, 0) is 16.1 Å². The quantitative estimate of drug-likeness (QED) is 0.747. The number of halogens is 1. The number of amides is 2. The summed E-state index contributed by atoms with van der Waals surface area (Å²) < 4.78 is 0. The van der Waals surface area contributed by atoms with Gasteiger partial charge in [0, 0.05) is 63.3 Å². The van der Waals surface area contributed by atoms with Crippen LogP contribution in [0.5, 0.6) is 0 Å². The van der Waals surface area contributed by atoms with E-state index in [1.54, 1.807) is 23.1 Å². The Morgan fingerprint density at radius 1 is 1.00 bits per heavy atom. The highest BCUT2D eigenvalue weighted by atomic mass is 35.5. The van der Waals surface area contributed by atoms with Crippen molar-refractivity contribution in [3.63, 3.8) is 0 Å². The second-order valence-electron chi connectivity index (χ2n) is 7.04. The lowest BCUT2D eigenvalue weighted by Crippen LogP contribution is -2.49. The van der Waals surface area contributed by atoms with Gasteiger partial charge in [0.05, 0.1) is 0 Å². The first-order valence-electron chi connectivity index (χ1n) is 9.60. The minimum Gasteiger partial charge on any atom is -0.340 e. The second-order valence-corrected chi connectivity index (χ2v) is 7.48. The van der Waals surface area contributed by atoms with Crippen molar-refractivity contribution in [1.29, 1.82) is 0 Å². The maximum absolute atomic E-state index is 12.6. The number of carbonyl (C=O) groups excluding carboxylic acids is 2. The highest BCUT2D eigenvalue weighted by Gasteiger charge is 2.22. The molecule has 0 aromatic heterocycles. The van der Waals surface area contributed by atoms with Crippen molar-refractivity contribution in [2.75, 3.05) is 37.6 Å². The number of piperazine rings is 1. The normalized spacial score (nSPS) is 14.7. The largest absolute Gasteiger partial charge is 0.340 e. The van der Waals surface area contributed by atoms with Gasteiger partial charge in [-0.1, -0.05) is 48.0 Å². The Kier molecular flexibility index (Phi) is 7.06. The third kappa shape index (κ3) is 5.57. The van der Waals surface area contributed by atoms with E-state index in [4.69, 9.17) is 11.6 Å². The van der Waals surface area contributed by atoms with Crippen LogP contribution in [0.25, 0.3) is 0 Å². The summed E-state index contributed by atoms with van der Waals surface area (Å²) in [6, 6.07) is 17.5. The van der Waals surface area contributed by atoms with Gasteiger partial charge in [-0.2, -0.15) is 0 Å². The van der Waals surface area contributed by atoms with E-state index in [9.17, 15) is 9.59 Å². The molecular weight excluding hydrogens is 374 g/mol. The molecule has 0 spiro atoms. The van der Waals surface area contributed by atoms with Crippen LogP contribution in [0.4, 0.5) is 5.69 Å². The van der Waals surface area contributed by atoms with Gasteiger partial charge in [0.2, 0.25) is 11.8 Å². The van der Waals surface area contributed by atoms with Gasteiger partial charge in [0.15, 0.2) is 0 Å². The van der Waals surface area contributed by atoms with E-state index in [1.165, 1.54) is 12.5 Å². The third-order valence-electron chi connectivity index (χ3n) is 5.02. The van der Waals surface area contributed by atoms with Gasteiger partial charge < -0.3 is 9.80 Å². The highest BCUT2D eigenvalue weighted by Crippen LogP contribution is 2.20. The van der Waals surface area contributed by atoms with Crippen LogP contribution >= 0.6 is 11.6 Å². The summed E-state index contributed by atoms with van der Waals surface area (Å²) in [5, 5.41) is 0.574. The van der Waals surface area contributed by atoms with Gasteiger partial charge in [0.25, 0.3) is 0 Å². The van der Waals surface area contributed by atoms with Gasteiger partial charge in [-0.25, -0.2) is 0 Å². The first-order valence-corrected chi connectivity index (χ1v) is 9.98. The molecule has 3 rings (SSSR count). The maximum atomic E-state index is 12.6. The van der Waals surface area contributed by atoms with Crippen molar-refractivity contribution < 1.29 is 9.59 Å². The first kappa shape index (κ1) is 20.4. The van der Waals surface area contributed by atoms with Crippen molar-refractivity contribution in [2.24, 2.45) is 0 Å². The zero-order chi connectivity index (χ0) is 19.9. The molecule has 0 N–H and O–H groups in total. The fourth-order valence-corrected chi connectivity index (χ4v) is 3.66. The van der Waals surface area contributed by atoms with Gasteiger partial charge >= 0.3 is 0 Å². The summed E-state index contributed by atoms with van der Waals surface area (Å²) in [5.74, 6) is -0.00427.